The van der Waals surface area contributed by atoms with Gasteiger partial charge in [0.15, 0.2) is 17.3 Å². The quantitative estimate of drug-likeness (QED) is 0.713. The molecule has 0 spiro atoms. The molecule has 2 heterocycles. The summed E-state index contributed by atoms with van der Waals surface area (Å²) in [5, 5.41) is 19.4. The molecule has 1 unspecified atom stereocenters. The maximum atomic E-state index is 13.4. The van der Waals surface area contributed by atoms with Crippen LogP contribution in [0, 0.1) is 11.6 Å². The lowest BCUT2D eigenvalue weighted by atomic mass is 10.0. The monoisotopic (exact) mass is 379 g/mol. The standard InChI is InChI=1S/C18H23F2N5O2/c19-15-5-4-13(9-16(15)20)10-24-7-1-3-14(11-24)25-12-17(22-23-25)18(27)21-6-2-8-26/h4-5,9,12,14,26H,1-3,6-8,10-11H2,(H,21,27). The fraction of sp³-hybridized carbons (Fsp3) is 0.500. The molecule has 0 radical (unpaired) electrons. The van der Waals surface area contributed by atoms with Gasteiger partial charge in [0.05, 0.1) is 12.2 Å². The van der Waals surface area contributed by atoms with Crippen LogP contribution in [-0.4, -0.2) is 57.1 Å². The first-order valence-electron chi connectivity index (χ1n) is 9.04. The van der Waals surface area contributed by atoms with Crippen LogP contribution in [0.4, 0.5) is 8.78 Å². The number of amides is 1. The summed E-state index contributed by atoms with van der Waals surface area (Å²) in [5.74, 6) is -2.00. The summed E-state index contributed by atoms with van der Waals surface area (Å²) in [6.07, 6.45) is 3.96. The topological polar surface area (TPSA) is 83.3 Å². The van der Waals surface area contributed by atoms with E-state index in [1.54, 1.807) is 16.9 Å². The molecule has 0 aliphatic carbocycles. The predicted octanol–water partition coefficient (Wildman–Crippen LogP) is 1.51. The van der Waals surface area contributed by atoms with Crippen molar-refractivity contribution in [3.05, 3.63) is 47.3 Å². The molecular weight excluding hydrogens is 356 g/mol. The third kappa shape index (κ3) is 5.08. The zero-order valence-electron chi connectivity index (χ0n) is 14.9. The van der Waals surface area contributed by atoms with Crippen molar-refractivity contribution < 1.29 is 18.7 Å². The molecule has 3 rings (SSSR count). The van der Waals surface area contributed by atoms with Crippen LogP contribution in [0.1, 0.15) is 41.4 Å². The van der Waals surface area contributed by atoms with Crippen LogP contribution in [0.15, 0.2) is 24.4 Å². The number of halogens is 2. The Labute approximate surface area is 156 Å². The molecule has 7 nitrogen and oxygen atoms in total. The molecule has 27 heavy (non-hydrogen) atoms. The Bertz CT molecular complexity index is 783. The average molecular weight is 379 g/mol. The SMILES string of the molecule is O=C(NCCCO)c1cn(C2CCCN(Cc3ccc(F)c(F)c3)C2)nn1. The summed E-state index contributed by atoms with van der Waals surface area (Å²) in [7, 11) is 0. The van der Waals surface area contributed by atoms with Crippen LogP contribution >= 0.6 is 0 Å². The number of piperidine rings is 1. The number of hydrogen-bond acceptors (Lipinski definition) is 5. The molecule has 2 aromatic rings. The summed E-state index contributed by atoms with van der Waals surface area (Å²) in [4.78, 5) is 14.2. The lowest BCUT2D eigenvalue weighted by Crippen LogP contribution is -2.36. The third-order valence-electron chi connectivity index (χ3n) is 4.61. The van der Waals surface area contributed by atoms with E-state index in [-0.39, 0.29) is 24.2 Å². The third-order valence-corrected chi connectivity index (χ3v) is 4.61. The predicted molar refractivity (Wildman–Crippen MR) is 94.0 cm³/mol. The van der Waals surface area contributed by atoms with Crippen LogP contribution in [-0.2, 0) is 6.54 Å². The molecule has 0 bridgehead atoms. The second kappa shape index (κ2) is 9.01. The first-order valence-corrected chi connectivity index (χ1v) is 9.04. The lowest BCUT2D eigenvalue weighted by Gasteiger charge is -2.32. The van der Waals surface area contributed by atoms with Crippen molar-refractivity contribution in [2.75, 3.05) is 26.2 Å². The van der Waals surface area contributed by atoms with E-state index < -0.39 is 11.6 Å². The van der Waals surface area contributed by atoms with Crippen molar-refractivity contribution in [1.82, 2.24) is 25.2 Å². The van der Waals surface area contributed by atoms with Crippen molar-refractivity contribution in [2.24, 2.45) is 0 Å². The van der Waals surface area contributed by atoms with E-state index in [4.69, 9.17) is 5.11 Å². The van der Waals surface area contributed by atoms with Crippen molar-refractivity contribution in [1.29, 1.82) is 0 Å². The van der Waals surface area contributed by atoms with E-state index in [1.165, 1.54) is 6.07 Å². The van der Waals surface area contributed by atoms with Gasteiger partial charge in [0.1, 0.15) is 0 Å². The number of nitrogens with one attached hydrogen (secondary N) is 1. The van der Waals surface area contributed by atoms with E-state index in [9.17, 15) is 13.6 Å². The number of aliphatic hydroxyl groups excluding tert-OH is 1. The van der Waals surface area contributed by atoms with Gasteiger partial charge in [0.2, 0.25) is 0 Å². The van der Waals surface area contributed by atoms with Crippen molar-refractivity contribution in [3.8, 4) is 0 Å². The highest BCUT2D eigenvalue weighted by Crippen LogP contribution is 2.22. The van der Waals surface area contributed by atoms with Gasteiger partial charge in [0, 0.05) is 26.2 Å². The van der Waals surface area contributed by atoms with E-state index in [2.05, 4.69) is 20.5 Å². The summed E-state index contributed by atoms with van der Waals surface area (Å²) in [5.41, 5.74) is 0.961. The van der Waals surface area contributed by atoms with Crippen LogP contribution in [0.5, 0.6) is 0 Å². The van der Waals surface area contributed by atoms with Gasteiger partial charge in [-0.1, -0.05) is 11.3 Å². The minimum Gasteiger partial charge on any atom is -0.396 e. The molecule has 1 atom stereocenters. The summed E-state index contributed by atoms with van der Waals surface area (Å²) in [6.45, 7) is 2.47. The first-order chi connectivity index (χ1) is 13.1. The van der Waals surface area contributed by atoms with E-state index in [0.29, 0.717) is 26.1 Å². The number of likely N-dealkylation sites (tertiary alicyclic amines) is 1. The Kier molecular flexibility index (Phi) is 6.46. The largest absolute Gasteiger partial charge is 0.396 e. The maximum Gasteiger partial charge on any atom is 0.273 e. The molecule has 1 saturated heterocycles. The Morgan fingerprint density at radius 1 is 1.33 bits per heavy atom. The second-order valence-electron chi connectivity index (χ2n) is 6.70. The van der Waals surface area contributed by atoms with E-state index >= 15 is 0 Å². The summed E-state index contributed by atoms with van der Waals surface area (Å²) < 4.78 is 28.2. The number of benzene rings is 1. The first kappa shape index (κ1) is 19.4. The molecule has 1 fully saturated rings. The number of aliphatic hydroxyl groups is 1. The zero-order valence-corrected chi connectivity index (χ0v) is 14.9. The maximum absolute atomic E-state index is 13.4. The smallest absolute Gasteiger partial charge is 0.273 e. The van der Waals surface area contributed by atoms with Gasteiger partial charge in [-0.15, -0.1) is 5.10 Å². The van der Waals surface area contributed by atoms with Crippen LogP contribution in [0.25, 0.3) is 0 Å². The van der Waals surface area contributed by atoms with Gasteiger partial charge in [-0.25, -0.2) is 13.5 Å². The van der Waals surface area contributed by atoms with Crippen molar-refractivity contribution >= 4 is 5.91 Å². The molecule has 2 N–H and O–H groups in total. The van der Waals surface area contributed by atoms with Crippen molar-refractivity contribution in [3.63, 3.8) is 0 Å². The van der Waals surface area contributed by atoms with E-state index in [1.807, 2.05) is 0 Å². The number of rotatable bonds is 7. The van der Waals surface area contributed by atoms with Gasteiger partial charge in [-0.2, -0.15) is 0 Å². The van der Waals surface area contributed by atoms with Crippen LogP contribution in [0.3, 0.4) is 0 Å². The number of nitrogens with zero attached hydrogens (tertiary/aromatic N) is 4. The molecular formula is C18H23F2N5O2. The van der Waals surface area contributed by atoms with Gasteiger partial charge in [-0.05, 0) is 43.5 Å². The molecule has 1 aliphatic heterocycles. The van der Waals surface area contributed by atoms with Crippen LogP contribution < -0.4 is 5.32 Å². The van der Waals surface area contributed by atoms with Gasteiger partial charge in [0.25, 0.3) is 5.91 Å². The van der Waals surface area contributed by atoms with Crippen molar-refractivity contribution in [2.45, 2.75) is 31.8 Å². The average Bonchev–Trinajstić information content (AvgIpc) is 3.15. The van der Waals surface area contributed by atoms with Crippen LogP contribution in [0.2, 0.25) is 0 Å². The molecule has 1 aromatic carbocycles. The Morgan fingerprint density at radius 2 is 2.19 bits per heavy atom. The number of carbonyl (C=O) groups is 1. The molecule has 146 valence electrons. The Hall–Kier alpha value is -2.39. The second-order valence-corrected chi connectivity index (χ2v) is 6.70. The number of hydrogen-bond donors (Lipinski definition) is 2. The highest BCUT2D eigenvalue weighted by atomic mass is 19.2. The molecule has 1 amide bonds. The zero-order chi connectivity index (χ0) is 19.2. The normalized spacial score (nSPS) is 17.8. The molecule has 9 heteroatoms. The van der Waals surface area contributed by atoms with Gasteiger partial charge < -0.3 is 10.4 Å². The summed E-state index contributed by atoms with van der Waals surface area (Å²) >= 11 is 0. The lowest BCUT2D eigenvalue weighted by molar-refractivity contribution is 0.0946. The van der Waals surface area contributed by atoms with Gasteiger partial charge >= 0.3 is 0 Å². The van der Waals surface area contributed by atoms with E-state index in [0.717, 1.165) is 31.0 Å². The number of aromatic nitrogens is 3. The molecule has 1 aliphatic rings. The minimum absolute atomic E-state index is 0.0167. The number of carbonyl (C=O) groups excluding carboxylic acids is 1. The Morgan fingerprint density at radius 3 is 2.96 bits per heavy atom. The highest BCUT2D eigenvalue weighted by molar-refractivity contribution is 5.91. The molecule has 1 aromatic heterocycles. The van der Waals surface area contributed by atoms with Gasteiger partial charge in [-0.3, -0.25) is 9.69 Å². The Balaban J connectivity index is 1.59. The summed E-state index contributed by atoms with van der Waals surface area (Å²) in [6, 6.07) is 4.02. The minimum atomic E-state index is -0.845. The molecule has 0 saturated carbocycles. The highest BCUT2D eigenvalue weighted by Gasteiger charge is 2.23. The fourth-order valence-electron chi connectivity index (χ4n) is 3.22. The fourth-order valence-corrected chi connectivity index (χ4v) is 3.22.